The van der Waals surface area contributed by atoms with Crippen molar-refractivity contribution in [2.45, 2.75) is 31.7 Å². The molecule has 3 rings (SSSR count). The predicted octanol–water partition coefficient (Wildman–Crippen LogP) is 3.11. The van der Waals surface area contributed by atoms with Gasteiger partial charge in [0, 0.05) is 24.2 Å². The van der Waals surface area contributed by atoms with E-state index in [0.29, 0.717) is 23.1 Å². The topological polar surface area (TPSA) is 67.5 Å². The summed E-state index contributed by atoms with van der Waals surface area (Å²) in [7, 11) is -3.04. The smallest absolute Gasteiger partial charge is 0.224 e. The highest BCUT2D eigenvalue weighted by Gasteiger charge is 2.26. The molecule has 1 aromatic heterocycles. The first kappa shape index (κ1) is 17.5. The number of sulfone groups is 1. The van der Waals surface area contributed by atoms with E-state index in [-0.39, 0.29) is 17.5 Å². The molecule has 0 amide bonds. The van der Waals surface area contributed by atoms with Crippen molar-refractivity contribution in [3.63, 3.8) is 0 Å². The maximum Gasteiger partial charge on any atom is 0.224 e. The van der Waals surface area contributed by atoms with Crippen LogP contribution in [0.2, 0.25) is 0 Å². The van der Waals surface area contributed by atoms with Crippen molar-refractivity contribution < 1.29 is 12.8 Å². The number of aromatic nitrogens is 2. The van der Waals surface area contributed by atoms with Crippen LogP contribution in [0.1, 0.15) is 25.7 Å². The first-order valence-corrected chi connectivity index (χ1v) is 10.2. The number of nitrogens with zero attached hydrogens (tertiary/aromatic N) is 4. The predicted molar refractivity (Wildman–Crippen MR) is 95.1 cm³/mol. The van der Waals surface area contributed by atoms with Gasteiger partial charge in [-0.1, -0.05) is 0 Å². The molecule has 1 fully saturated rings. The molecule has 25 heavy (non-hydrogen) atoms. The summed E-state index contributed by atoms with van der Waals surface area (Å²) in [4.78, 5) is 13.7. The van der Waals surface area contributed by atoms with E-state index in [4.69, 9.17) is 6.57 Å². The summed E-state index contributed by atoms with van der Waals surface area (Å²) in [5.74, 6) is 0.134. The van der Waals surface area contributed by atoms with Crippen LogP contribution in [0.3, 0.4) is 0 Å². The summed E-state index contributed by atoms with van der Waals surface area (Å²) < 4.78 is 37.1. The van der Waals surface area contributed by atoms with Crippen molar-refractivity contribution in [3.8, 4) is 0 Å². The van der Waals surface area contributed by atoms with E-state index >= 15 is 0 Å². The first-order chi connectivity index (χ1) is 11.9. The minimum atomic E-state index is -3.04. The Labute approximate surface area is 146 Å². The number of rotatable bonds is 4. The summed E-state index contributed by atoms with van der Waals surface area (Å²) in [5.41, 5.74) is 0.453. The second-order valence-electron chi connectivity index (χ2n) is 6.39. The normalized spacial score (nSPS) is 18.3. The second-order valence-corrected chi connectivity index (χ2v) is 8.65. The van der Waals surface area contributed by atoms with E-state index in [9.17, 15) is 12.8 Å². The number of anilines is 1. The SMILES string of the molecule is [C-]#[N+]c1cc2ncnc(N3CCCCC3CCS(C)(=O)=O)c2cc1F. The van der Waals surface area contributed by atoms with Crippen molar-refractivity contribution in [2.24, 2.45) is 0 Å². The molecule has 2 aromatic rings. The van der Waals surface area contributed by atoms with Crippen LogP contribution in [0.5, 0.6) is 0 Å². The molecule has 1 atom stereocenters. The summed E-state index contributed by atoms with van der Waals surface area (Å²) in [6, 6.07) is 2.78. The van der Waals surface area contributed by atoms with Gasteiger partial charge in [0.2, 0.25) is 5.69 Å². The minimum Gasteiger partial charge on any atom is -0.353 e. The zero-order chi connectivity index (χ0) is 18.0. The largest absolute Gasteiger partial charge is 0.353 e. The minimum absolute atomic E-state index is 0.0465. The van der Waals surface area contributed by atoms with Crippen molar-refractivity contribution >= 4 is 32.2 Å². The highest BCUT2D eigenvalue weighted by Crippen LogP contribution is 2.33. The van der Waals surface area contributed by atoms with Crippen molar-refractivity contribution in [2.75, 3.05) is 23.5 Å². The molecule has 1 aliphatic heterocycles. The Morgan fingerprint density at radius 1 is 1.36 bits per heavy atom. The summed E-state index contributed by atoms with van der Waals surface area (Å²) in [6.45, 7) is 7.77. The molecule has 0 aliphatic carbocycles. The Balaban J connectivity index is 2.01. The molecule has 0 radical (unpaired) electrons. The lowest BCUT2D eigenvalue weighted by molar-refractivity contribution is 0.447. The maximum absolute atomic E-state index is 14.1. The van der Waals surface area contributed by atoms with Gasteiger partial charge in [0.15, 0.2) is 0 Å². The summed E-state index contributed by atoms with van der Waals surface area (Å²) in [5, 5.41) is 0.554. The Kier molecular flexibility index (Phi) is 4.86. The number of halogens is 1. The van der Waals surface area contributed by atoms with Crippen LogP contribution in [0, 0.1) is 12.4 Å². The van der Waals surface area contributed by atoms with E-state index in [2.05, 4.69) is 19.7 Å². The van der Waals surface area contributed by atoms with Crippen LogP contribution >= 0.6 is 0 Å². The number of benzene rings is 1. The van der Waals surface area contributed by atoms with E-state index in [0.717, 1.165) is 25.8 Å². The standard InChI is InChI=1S/C17H19FN4O2S/c1-19-16-10-15-13(9-14(16)18)17(21-11-20-15)22-7-4-3-5-12(22)6-8-25(2,23)24/h9-12H,3-8H2,2H3. The molecule has 1 saturated heterocycles. The molecule has 1 aliphatic rings. The number of hydrogen-bond acceptors (Lipinski definition) is 5. The molecule has 0 saturated carbocycles. The molecule has 8 heteroatoms. The Bertz CT molecular complexity index is 940. The lowest BCUT2D eigenvalue weighted by Gasteiger charge is -2.37. The molecular weight excluding hydrogens is 343 g/mol. The zero-order valence-corrected chi connectivity index (χ0v) is 14.8. The van der Waals surface area contributed by atoms with Gasteiger partial charge in [-0.15, -0.1) is 0 Å². The average molecular weight is 362 g/mol. The van der Waals surface area contributed by atoms with Crippen LogP contribution < -0.4 is 4.90 Å². The third-order valence-corrected chi connectivity index (χ3v) is 5.50. The maximum atomic E-state index is 14.1. The fraction of sp³-hybridized carbons (Fsp3) is 0.471. The Morgan fingerprint density at radius 2 is 2.16 bits per heavy atom. The van der Waals surface area contributed by atoms with Gasteiger partial charge >= 0.3 is 0 Å². The summed E-state index contributed by atoms with van der Waals surface area (Å²) >= 11 is 0. The van der Waals surface area contributed by atoms with Crippen LogP contribution in [0.15, 0.2) is 18.5 Å². The highest BCUT2D eigenvalue weighted by atomic mass is 32.2. The fourth-order valence-electron chi connectivity index (χ4n) is 3.30. The van der Waals surface area contributed by atoms with Crippen LogP contribution in [-0.2, 0) is 9.84 Å². The van der Waals surface area contributed by atoms with Crippen molar-refractivity contribution in [1.82, 2.24) is 9.97 Å². The third kappa shape index (κ3) is 3.87. The summed E-state index contributed by atoms with van der Waals surface area (Å²) in [6.07, 6.45) is 6.05. The van der Waals surface area contributed by atoms with Gasteiger partial charge in [-0.2, -0.15) is 0 Å². The molecule has 6 nitrogen and oxygen atoms in total. The van der Waals surface area contributed by atoms with Gasteiger partial charge in [-0.05, 0) is 37.8 Å². The molecule has 0 spiro atoms. The van der Waals surface area contributed by atoms with Crippen LogP contribution in [0.4, 0.5) is 15.9 Å². The van der Waals surface area contributed by atoms with Gasteiger partial charge in [0.25, 0.3) is 0 Å². The number of hydrogen-bond donors (Lipinski definition) is 0. The zero-order valence-electron chi connectivity index (χ0n) is 13.9. The lowest BCUT2D eigenvalue weighted by Crippen LogP contribution is -2.41. The van der Waals surface area contributed by atoms with Crippen molar-refractivity contribution in [1.29, 1.82) is 0 Å². The van der Waals surface area contributed by atoms with E-state index in [1.807, 2.05) is 0 Å². The Hall–Kier alpha value is -2.27. The quantitative estimate of drug-likeness (QED) is 0.782. The highest BCUT2D eigenvalue weighted by molar-refractivity contribution is 7.90. The van der Waals surface area contributed by atoms with Crippen LogP contribution in [-0.4, -0.2) is 43.0 Å². The second kappa shape index (κ2) is 6.92. The average Bonchev–Trinajstić information content (AvgIpc) is 2.58. The molecule has 1 unspecified atom stereocenters. The van der Waals surface area contributed by atoms with Gasteiger partial charge < -0.3 is 4.90 Å². The van der Waals surface area contributed by atoms with E-state index in [1.165, 1.54) is 24.7 Å². The van der Waals surface area contributed by atoms with Crippen molar-refractivity contribution in [3.05, 3.63) is 35.7 Å². The monoisotopic (exact) mass is 362 g/mol. The molecule has 0 N–H and O–H groups in total. The number of piperidine rings is 1. The third-order valence-electron chi connectivity index (χ3n) is 4.52. The fourth-order valence-corrected chi connectivity index (χ4v) is 4.00. The van der Waals surface area contributed by atoms with E-state index in [1.54, 1.807) is 0 Å². The molecule has 132 valence electrons. The van der Waals surface area contributed by atoms with Gasteiger partial charge in [0.1, 0.15) is 27.8 Å². The van der Waals surface area contributed by atoms with E-state index < -0.39 is 15.7 Å². The molecular formula is C17H19FN4O2S. The van der Waals surface area contributed by atoms with Crippen LogP contribution in [0.25, 0.3) is 15.7 Å². The Morgan fingerprint density at radius 3 is 2.88 bits per heavy atom. The lowest BCUT2D eigenvalue weighted by atomic mass is 9.99. The van der Waals surface area contributed by atoms with Gasteiger partial charge in [0.05, 0.1) is 17.8 Å². The number of fused-ring (bicyclic) bond motifs is 1. The molecule has 0 bridgehead atoms. The first-order valence-electron chi connectivity index (χ1n) is 8.15. The molecule has 2 heterocycles. The molecule has 1 aromatic carbocycles. The van der Waals surface area contributed by atoms with Gasteiger partial charge in [-0.3, -0.25) is 0 Å². The van der Waals surface area contributed by atoms with Gasteiger partial charge in [-0.25, -0.2) is 27.6 Å².